The molecule has 0 saturated carbocycles. The van der Waals surface area contributed by atoms with Crippen molar-refractivity contribution < 1.29 is 4.74 Å². The van der Waals surface area contributed by atoms with Crippen LogP contribution in [0, 0.1) is 0 Å². The van der Waals surface area contributed by atoms with E-state index in [0.717, 1.165) is 17.4 Å². The van der Waals surface area contributed by atoms with Gasteiger partial charge >= 0.3 is 0 Å². The highest BCUT2D eigenvalue weighted by atomic mass is 16.5. The fourth-order valence-corrected chi connectivity index (χ4v) is 5.65. The van der Waals surface area contributed by atoms with Gasteiger partial charge in [-0.3, -0.25) is 23.7 Å². The SMILES string of the molecule is CCC(C)(CC)c1ccc(Oc2ccc(-n3c(=O)c4cc5c(=O)n(C(C)(CC)CC)c(=O)c5cc4c3=O)cc2)cc1. The molecule has 5 aromatic rings. The van der Waals surface area contributed by atoms with Crippen LogP contribution in [0.15, 0.2) is 79.8 Å². The Hall–Kier alpha value is -4.26. The van der Waals surface area contributed by atoms with Crippen LogP contribution >= 0.6 is 0 Å². The summed E-state index contributed by atoms with van der Waals surface area (Å²) in [6, 6.07) is 17.6. The summed E-state index contributed by atoms with van der Waals surface area (Å²) in [4.78, 5) is 53.3. The Balaban J connectivity index is 1.50. The van der Waals surface area contributed by atoms with Gasteiger partial charge in [-0.05, 0) is 92.1 Å². The van der Waals surface area contributed by atoms with E-state index in [1.807, 2.05) is 32.9 Å². The average molecular weight is 553 g/mol. The van der Waals surface area contributed by atoms with Crippen LogP contribution in [0.1, 0.15) is 72.8 Å². The first-order chi connectivity index (χ1) is 19.5. The minimum Gasteiger partial charge on any atom is -0.457 e. The van der Waals surface area contributed by atoms with Crippen molar-refractivity contribution in [2.24, 2.45) is 0 Å². The van der Waals surface area contributed by atoms with Crippen molar-refractivity contribution in [3.05, 3.63) is 108 Å². The number of rotatable bonds is 9. The molecule has 41 heavy (non-hydrogen) atoms. The molecule has 0 aliphatic carbocycles. The second kappa shape index (κ2) is 10.3. The fourth-order valence-electron chi connectivity index (χ4n) is 5.65. The summed E-state index contributed by atoms with van der Waals surface area (Å²) < 4.78 is 8.36. The van der Waals surface area contributed by atoms with Gasteiger partial charge in [-0.15, -0.1) is 0 Å². The first kappa shape index (κ1) is 28.3. The minimum absolute atomic E-state index is 0.123. The largest absolute Gasteiger partial charge is 0.457 e. The van der Waals surface area contributed by atoms with E-state index in [-0.39, 0.29) is 27.0 Å². The Morgan fingerprint density at radius 1 is 0.585 bits per heavy atom. The van der Waals surface area contributed by atoms with Gasteiger partial charge in [-0.2, -0.15) is 0 Å². The van der Waals surface area contributed by atoms with E-state index in [1.54, 1.807) is 24.3 Å². The van der Waals surface area contributed by atoms with Crippen molar-refractivity contribution in [2.45, 2.75) is 78.2 Å². The van der Waals surface area contributed by atoms with Crippen molar-refractivity contribution in [3.8, 4) is 17.2 Å². The van der Waals surface area contributed by atoms with E-state index < -0.39 is 27.8 Å². The predicted molar refractivity (Wildman–Crippen MR) is 165 cm³/mol. The topological polar surface area (TPSA) is 87.4 Å². The first-order valence-electron chi connectivity index (χ1n) is 14.4. The summed E-state index contributed by atoms with van der Waals surface area (Å²) >= 11 is 0. The Morgan fingerprint density at radius 3 is 1.41 bits per heavy atom. The van der Waals surface area contributed by atoms with E-state index in [4.69, 9.17) is 4.74 Å². The lowest BCUT2D eigenvalue weighted by atomic mass is 9.78. The van der Waals surface area contributed by atoms with E-state index in [0.29, 0.717) is 30.0 Å². The summed E-state index contributed by atoms with van der Waals surface area (Å²) in [7, 11) is 0. The van der Waals surface area contributed by atoms with Crippen LogP contribution < -0.4 is 27.0 Å². The molecule has 0 bridgehead atoms. The highest BCUT2D eigenvalue weighted by molar-refractivity contribution is 5.98. The fraction of sp³-hybridized carbons (Fsp3) is 0.353. The van der Waals surface area contributed by atoms with Gasteiger partial charge in [0.2, 0.25) is 0 Å². The van der Waals surface area contributed by atoms with Gasteiger partial charge in [0.25, 0.3) is 22.2 Å². The van der Waals surface area contributed by atoms with Gasteiger partial charge in [0.1, 0.15) is 11.5 Å². The summed E-state index contributed by atoms with van der Waals surface area (Å²) in [5, 5.41) is 0.576. The molecular weight excluding hydrogens is 516 g/mol. The summed E-state index contributed by atoms with van der Waals surface area (Å²) in [5.41, 5.74) is -0.790. The maximum absolute atomic E-state index is 13.4. The highest BCUT2D eigenvalue weighted by Gasteiger charge is 2.29. The van der Waals surface area contributed by atoms with Gasteiger partial charge in [-0.1, -0.05) is 46.8 Å². The summed E-state index contributed by atoms with van der Waals surface area (Å²) in [5.74, 6) is 1.26. The lowest BCUT2D eigenvalue weighted by Gasteiger charge is -2.27. The number of hydrogen-bond donors (Lipinski definition) is 0. The smallest absolute Gasteiger partial charge is 0.266 e. The van der Waals surface area contributed by atoms with Crippen molar-refractivity contribution in [1.82, 2.24) is 9.13 Å². The molecule has 7 heteroatoms. The molecule has 5 rings (SSSR count). The van der Waals surface area contributed by atoms with Crippen molar-refractivity contribution >= 4 is 21.5 Å². The van der Waals surface area contributed by atoms with Crippen molar-refractivity contribution in [2.75, 3.05) is 0 Å². The van der Waals surface area contributed by atoms with Crippen LogP contribution in [-0.2, 0) is 11.0 Å². The van der Waals surface area contributed by atoms with E-state index in [2.05, 4.69) is 32.9 Å². The molecular formula is C34H36N2O5. The number of fused-ring (bicyclic) bond motifs is 2. The predicted octanol–water partition coefficient (Wildman–Crippen LogP) is 6.31. The van der Waals surface area contributed by atoms with Gasteiger partial charge in [0.05, 0.1) is 27.2 Å². The Labute approximate surface area is 238 Å². The molecule has 0 radical (unpaired) electrons. The first-order valence-corrected chi connectivity index (χ1v) is 14.4. The van der Waals surface area contributed by atoms with E-state index >= 15 is 0 Å². The molecule has 0 atom stereocenters. The third kappa shape index (κ3) is 4.44. The molecule has 2 aromatic heterocycles. The molecule has 3 aromatic carbocycles. The zero-order valence-corrected chi connectivity index (χ0v) is 24.5. The number of nitrogens with zero attached hydrogens (tertiary/aromatic N) is 2. The van der Waals surface area contributed by atoms with Crippen molar-refractivity contribution in [1.29, 1.82) is 0 Å². The second-order valence-electron chi connectivity index (χ2n) is 11.4. The second-order valence-corrected chi connectivity index (χ2v) is 11.4. The quantitative estimate of drug-likeness (QED) is 0.214. The van der Waals surface area contributed by atoms with Crippen LogP contribution in [0.5, 0.6) is 11.5 Å². The molecule has 0 unspecified atom stereocenters. The number of aromatic nitrogens is 2. The van der Waals surface area contributed by atoms with E-state index in [9.17, 15) is 19.2 Å². The normalized spacial score (nSPS) is 12.4. The van der Waals surface area contributed by atoms with Crippen LogP contribution in [0.25, 0.3) is 27.2 Å². The monoisotopic (exact) mass is 552 g/mol. The van der Waals surface area contributed by atoms with Crippen LogP contribution in [0.3, 0.4) is 0 Å². The lowest BCUT2D eigenvalue weighted by molar-refractivity contribution is 0.282. The maximum Gasteiger partial charge on any atom is 0.266 e. The molecule has 0 N–H and O–H groups in total. The Kier molecular flexibility index (Phi) is 7.10. The number of benzene rings is 3. The van der Waals surface area contributed by atoms with Gasteiger partial charge in [-0.25, -0.2) is 4.57 Å². The molecule has 0 spiro atoms. The molecule has 0 saturated heterocycles. The van der Waals surface area contributed by atoms with Gasteiger partial charge in [0, 0.05) is 5.54 Å². The summed E-state index contributed by atoms with van der Waals surface area (Å²) in [6.45, 7) is 12.4. The number of ether oxygens (including phenoxy) is 1. The van der Waals surface area contributed by atoms with Crippen molar-refractivity contribution in [3.63, 3.8) is 0 Å². The minimum atomic E-state index is -0.644. The van der Waals surface area contributed by atoms with E-state index in [1.165, 1.54) is 22.3 Å². The average Bonchev–Trinajstić information content (AvgIpc) is 3.40. The van der Waals surface area contributed by atoms with Gasteiger partial charge in [0.15, 0.2) is 0 Å². The molecule has 2 heterocycles. The number of hydrogen-bond acceptors (Lipinski definition) is 5. The highest BCUT2D eigenvalue weighted by Crippen LogP contribution is 2.33. The molecule has 0 aliphatic rings. The van der Waals surface area contributed by atoms with Gasteiger partial charge < -0.3 is 4.74 Å². The molecule has 0 fully saturated rings. The van der Waals surface area contributed by atoms with Crippen LogP contribution in [0.4, 0.5) is 0 Å². The maximum atomic E-state index is 13.4. The third-order valence-corrected chi connectivity index (χ3v) is 9.40. The molecule has 212 valence electrons. The third-order valence-electron chi connectivity index (χ3n) is 9.40. The zero-order valence-electron chi connectivity index (χ0n) is 24.5. The Bertz CT molecular complexity index is 1870. The molecule has 0 aliphatic heterocycles. The molecule has 7 nitrogen and oxygen atoms in total. The summed E-state index contributed by atoms with van der Waals surface area (Å²) in [6.07, 6.45) is 3.30. The molecule has 0 amide bonds. The van der Waals surface area contributed by atoms with Crippen LogP contribution in [-0.4, -0.2) is 9.13 Å². The standard InChI is InChI=1S/C34H36N2O5/c1-7-33(5,8-2)21-11-15-23(16-12-21)41-24-17-13-22(14-18-24)35-29(37)25-19-27-28(20-26(25)30(35)38)32(40)36(31(27)39)34(6,9-3)10-4/h11-20H,7-10H2,1-6H3. The van der Waals surface area contributed by atoms with Crippen LogP contribution in [0.2, 0.25) is 0 Å². The lowest BCUT2D eigenvalue weighted by Crippen LogP contribution is -2.42. The Morgan fingerprint density at radius 2 is 1.00 bits per heavy atom. The zero-order chi connectivity index (χ0) is 29.7.